The molecule has 4 aromatic rings. The van der Waals surface area contributed by atoms with Crippen LogP contribution in [0.15, 0.2) is 71.6 Å². The molecule has 6 nitrogen and oxygen atoms in total. The van der Waals surface area contributed by atoms with Crippen molar-refractivity contribution in [3.05, 3.63) is 83.7 Å². The second-order valence-electron chi connectivity index (χ2n) is 7.82. The molecule has 0 aliphatic carbocycles. The average molecular weight is 457 g/mol. The number of nitrogens with zero attached hydrogens (tertiary/aromatic N) is 3. The van der Waals surface area contributed by atoms with Gasteiger partial charge in [-0.25, -0.2) is 9.97 Å². The summed E-state index contributed by atoms with van der Waals surface area (Å²) in [5.74, 6) is 2.13. The molecule has 0 bridgehead atoms. The number of aryl methyl sites for hydroxylation is 1. The maximum Gasteiger partial charge on any atom is 0.251 e. The van der Waals surface area contributed by atoms with E-state index in [0.717, 1.165) is 33.8 Å². The Kier molecular flexibility index (Phi) is 5.88. The number of amides is 1. The number of thioether (sulfide) groups is 1. The quantitative estimate of drug-likeness (QED) is 0.421. The van der Waals surface area contributed by atoms with Crippen molar-refractivity contribution in [2.24, 2.45) is 0 Å². The highest BCUT2D eigenvalue weighted by molar-refractivity contribution is 7.98. The van der Waals surface area contributed by atoms with E-state index in [4.69, 9.17) is 9.72 Å². The van der Waals surface area contributed by atoms with Gasteiger partial charge < -0.3 is 15.0 Å². The molecule has 0 saturated carbocycles. The van der Waals surface area contributed by atoms with Gasteiger partial charge in [-0.05, 0) is 61.2 Å². The maximum absolute atomic E-state index is 12.8. The molecule has 1 N–H and O–H groups in total. The third kappa shape index (κ3) is 4.36. The van der Waals surface area contributed by atoms with Gasteiger partial charge in [0.15, 0.2) is 0 Å². The van der Waals surface area contributed by atoms with E-state index in [9.17, 15) is 4.79 Å². The zero-order valence-corrected chi connectivity index (χ0v) is 19.4. The van der Waals surface area contributed by atoms with Crippen molar-refractivity contribution in [2.45, 2.75) is 18.4 Å². The Labute approximate surface area is 197 Å². The number of carbonyl (C=O) groups is 1. The number of carbonyl (C=O) groups excluding carboxylic acids is 1. The Morgan fingerprint density at radius 2 is 1.91 bits per heavy atom. The highest BCUT2D eigenvalue weighted by Crippen LogP contribution is 2.38. The summed E-state index contributed by atoms with van der Waals surface area (Å²) in [6.07, 6.45) is 2.05. The lowest BCUT2D eigenvalue weighted by atomic mass is 10.1. The second kappa shape index (κ2) is 9.11. The zero-order valence-electron chi connectivity index (χ0n) is 18.5. The number of nitrogens with one attached hydrogen (secondary N) is 1. The Morgan fingerprint density at radius 1 is 1.09 bits per heavy atom. The van der Waals surface area contributed by atoms with Gasteiger partial charge in [0.25, 0.3) is 5.91 Å². The molecule has 3 aromatic carbocycles. The van der Waals surface area contributed by atoms with Crippen molar-refractivity contribution >= 4 is 40.1 Å². The first-order chi connectivity index (χ1) is 16.1. The summed E-state index contributed by atoms with van der Waals surface area (Å²) in [5, 5.41) is 3.99. The van der Waals surface area contributed by atoms with Crippen LogP contribution in [0.5, 0.6) is 5.75 Å². The van der Waals surface area contributed by atoms with Crippen molar-refractivity contribution in [3.8, 4) is 5.75 Å². The van der Waals surface area contributed by atoms with Crippen LogP contribution < -0.4 is 15.0 Å². The van der Waals surface area contributed by atoms with Crippen LogP contribution in [-0.4, -0.2) is 35.3 Å². The van der Waals surface area contributed by atoms with Gasteiger partial charge in [-0.2, -0.15) is 0 Å². The van der Waals surface area contributed by atoms with Crippen LogP contribution >= 0.6 is 11.8 Å². The first-order valence-corrected chi connectivity index (χ1v) is 12.0. The minimum absolute atomic E-state index is 0.129. The van der Waals surface area contributed by atoms with Crippen molar-refractivity contribution in [3.63, 3.8) is 0 Å². The van der Waals surface area contributed by atoms with Crippen molar-refractivity contribution in [1.82, 2.24) is 15.3 Å². The number of ether oxygens (including phenoxy) is 1. The van der Waals surface area contributed by atoms with Gasteiger partial charge in [0.05, 0.1) is 17.7 Å². The smallest absolute Gasteiger partial charge is 0.251 e. The van der Waals surface area contributed by atoms with Gasteiger partial charge in [-0.1, -0.05) is 24.3 Å². The summed E-state index contributed by atoms with van der Waals surface area (Å²) in [6, 6.07) is 21.8. The number of benzene rings is 3. The molecular formula is C26H24N4O2S. The molecule has 1 aromatic heterocycles. The summed E-state index contributed by atoms with van der Waals surface area (Å²) >= 11 is 1.70. The molecule has 5 rings (SSSR count). The molecule has 0 unspecified atom stereocenters. The molecule has 7 heteroatoms. The molecule has 0 atom stereocenters. The van der Waals surface area contributed by atoms with Gasteiger partial charge in [0.1, 0.15) is 24.0 Å². The summed E-state index contributed by atoms with van der Waals surface area (Å²) in [5.41, 5.74) is 3.44. The molecule has 0 saturated heterocycles. The van der Waals surface area contributed by atoms with Gasteiger partial charge in [-0.15, -0.1) is 11.8 Å². The first-order valence-electron chi connectivity index (χ1n) is 10.8. The second-order valence-corrected chi connectivity index (χ2v) is 8.70. The standard InChI is InChI=1S/C26H24N4O2S/c1-17-28-22-6-4-3-5-21(22)25(29-17)30-13-14-32-24-15-19(9-12-23(24)30)26(31)27-16-18-7-10-20(33-2)11-8-18/h3-12,15H,13-14,16H2,1-2H3,(H,27,31). The van der Waals surface area contributed by atoms with E-state index < -0.39 is 0 Å². The normalized spacial score (nSPS) is 12.8. The molecule has 1 aliphatic rings. The van der Waals surface area contributed by atoms with E-state index in [2.05, 4.69) is 27.3 Å². The SMILES string of the molecule is CSc1ccc(CNC(=O)c2ccc3c(c2)OCCN3c2nc(C)nc3ccccc23)cc1. The fraction of sp³-hybridized carbons (Fsp3) is 0.192. The van der Waals surface area contributed by atoms with Crippen LogP contribution in [-0.2, 0) is 6.54 Å². The molecule has 0 fully saturated rings. The third-order valence-electron chi connectivity index (χ3n) is 5.65. The van der Waals surface area contributed by atoms with Crippen LogP contribution in [0.25, 0.3) is 10.9 Å². The van der Waals surface area contributed by atoms with Crippen LogP contribution in [0.4, 0.5) is 11.5 Å². The lowest BCUT2D eigenvalue weighted by Crippen LogP contribution is -2.30. The molecule has 2 heterocycles. The maximum atomic E-state index is 12.8. The lowest BCUT2D eigenvalue weighted by Gasteiger charge is -2.31. The molecule has 166 valence electrons. The zero-order chi connectivity index (χ0) is 22.8. The van der Waals surface area contributed by atoms with E-state index in [-0.39, 0.29) is 5.91 Å². The van der Waals surface area contributed by atoms with Crippen LogP contribution in [0.1, 0.15) is 21.7 Å². The Morgan fingerprint density at radius 3 is 2.73 bits per heavy atom. The van der Waals surface area contributed by atoms with Gasteiger partial charge in [0.2, 0.25) is 0 Å². The fourth-order valence-electron chi connectivity index (χ4n) is 3.99. The average Bonchev–Trinajstić information content (AvgIpc) is 2.86. The number of aromatic nitrogens is 2. The molecule has 0 spiro atoms. The Balaban J connectivity index is 1.39. The van der Waals surface area contributed by atoms with E-state index in [1.54, 1.807) is 11.8 Å². The molecule has 1 aliphatic heterocycles. The summed E-state index contributed by atoms with van der Waals surface area (Å²) in [7, 11) is 0. The fourth-order valence-corrected chi connectivity index (χ4v) is 4.40. The molecule has 1 amide bonds. The van der Waals surface area contributed by atoms with E-state index in [1.165, 1.54) is 4.90 Å². The van der Waals surface area contributed by atoms with Crippen LogP contribution in [0.3, 0.4) is 0 Å². The van der Waals surface area contributed by atoms with Crippen LogP contribution in [0.2, 0.25) is 0 Å². The van der Waals surface area contributed by atoms with Gasteiger partial charge in [-0.3, -0.25) is 4.79 Å². The number of hydrogen-bond acceptors (Lipinski definition) is 6. The Bertz CT molecular complexity index is 1320. The van der Waals surface area contributed by atoms with E-state index >= 15 is 0 Å². The summed E-state index contributed by atoms with van der Waals surface area (Å²) in [6.45, 7) is 3.56. The molecular weight excluding hydrogens is 432 g/mol. The largest absolute Gasteiger partial charge is 0.490 e. The molecule has 0 radical (unpaired) electrons. The van der Waals surface area contributed by atoms with Crippen molar-refractivity contribution < 1.29 is 9.53 Å². The minimum Gasteiger partial charge on any atom is -0.490 e. The number of rotatable bonds is 5. The minimum atomic E-state index is -0.129. The number of anilines is 2. The predicted molar refractivity (Wildman–Crippen MR) is 133 cm³/mol. The number of para-hydroxylation sites is 1. The predicted octanol–water partition coefficient (Wildman–Crippen LogP) is 5.12. The Hall–Kier alpha value is -3.58. The van der Waals surface area contributed by atoms with Crippen molar-refractivity contribution in [2.75, 3.05) is 24.3 Å². The summed E-state index contributed by atoms with van der Waals surface area (Å²) < 4.78 is 5.93. The lowest BCUT2D eigenvalue weighted by molar-refractivity contribution is 0.0950. The van der Waals surface area contributed by atoms with Gasteiger partial charge in [0, 0.05) is 22.4 Å². The van der Waals surface area contributed by atoms with Gasteiger partial charge >= 0.3 is 0 Å². The van der Waals surface area contributed by atoms with E-state index in [1.807, 2.05) is 67.8 Å². The summed E-state index contributed by atoms with van der Waals surface area (Å²) in [4.78, 5) is 25.4. The van der Waals surface area contributed by atoms with E-state index in [0.29, 0.717) is 31.0 Å². The number of hydrogen-bond donors (Lipinski definition) is 1. The molecule has 33 heavy (non-hydrogen) atoms. The van der Waals surface area contributed by atoms with Crippen molar-refractivity contribution in [1.29, 1.82) is 0 Å². The highest BCUT2D eigenvalue weighted by Gasteiger charge is 2.24. The first kappa shape index (κ1) is 21.3. The van der Waals surface area contributed by atoms with Crippen LogP contribution in [0, 0.1) is 6.92 Å². The monoisotopic (exact) mass is 456 g/mol. The topological polar surface area (TPSA) is 67.3 Å². The third-order valence-corrected chi connectivity index (χ3v) is 6.39. The number of fused-ring (bicyclic) bond motifs is 2. The highest BCUT2D eigenvalue weighted by atomic mass is 32.2.